The molecule has 9 heteroatoms. The fraction of sp³-hybridized carbons (Fsp3) is 0.316. The topological polar surface area (TPSA) is 103 Å². The fourth-order valence-corrected chi connectivity index (χ4v) is 3.41. The fourth-order valence-electron chi connectivity index (χ4n) is 2.98. The van der Waals surface area contributed by atoms with Crippen molar-refractivity contribution in [2.24, 2.45) is 13.0 Å². The van der Waals surface area contributed by atoms with Crippen LogP contribution in [0.5, 0.6) is 5.75 Å². The Balaban J connectivity index is 1.91. The number of anilines is 1. The van der Waals surface area contributed by atoms with Gasteiger partial charge in [-0.3, -0.25) is 9.52 Å². The molecule has 3 aromatic rings. The van der Waals surface area contributed by atoms with E-state index in [9.17, 15) is 13.2 Å². The SMILES string of the molecule is Cn1cc(-c2nc(NS(C)(=O)=O)ncc2OCC2CC2)c2ccccc2c1=O. The minimum atomic E-state index is -3.53. The van der Waals surface area contributed by atoms with E-state index in [4.69, 9.17) is 4.74 Å². The molecule has 2 heterocycles. The lowest BCUT2D eigenvalue weighted by molar-refractivity contribution is 0.299. The Bertz CT molecular complexity index is 1220. The summed E-state index contributed by atoms with van der Waals surface area (Å²) in [6.45, 7) is 0.554. The van der Waals surface area contributed by atoms with Crippen LogP contribution < -0.4 is 15.0 Å². The van der Waals surface area contributed by atoms with Gasteiger partial charge >= 0.3 is 0 Å². The summed E-state index contributed by atoms with van der Waals surface area (Å²) in [5.74, 6) is 0.933. The molecule has 0 spiro atoms. The zero-order valence-electron chi connectivity index (χ0n) is 15.5. The summed E-state index contributed by atoms with van der Waals surface area (Å²) in [4.78, 5) is 21.0. The lowest BCUT2D eigenvalue weighted by Crippen LogP contribution is -2.17. The van der Waals surface area contributed by atoms with Crippen LogP contribution in [-0.2, 0) is 17.1 Å². The van der Waals surface area contributed by atoms with E-state index in [1.54, 1.807) is 25.4 Å². The summed E-state index contributed by atoms with van der Waals surface area (Å²) >= 11 is 0. The number of benzene rings is 1. The molecule has 1 aliphatic rings. The van der Waals surface area contributed by atoms with Gasteiger partial charge in [-0.05, 0) is 30.2 Å². The van der Waals surface area contributed by atoms with Gasteiger partial charge in [0.05, 0.1) is 19.1 Å². The summed E-state index contributed by atoms with van der Waals surface area (Å²) in [5.41, 5.74) is 0.986. The molecule has 1 aromatic carbocycles. The van der Waals surface area contributed by atoms with E-state index >= 15 is 0 Å². The second-order valence-corrected chi connectivity index (χ2v) is 8.79. The van der Waals surface area contributed by atoms with Crippen LogP contribution >= 0.6 is 0 Å². The Morgan fingerprint density at radius 2 is 1.96 bits per heavy atom. The van der Waals surface area contributed by atoms with Crippen molar-refractivity contribution in [3.05, 3.63) is 47.0 Å². The summed E-state index contributed by atoms with van der Waals surface area (Å²) in [7, 11) is -1.87. The van der Waals surface area contributed by atoms with E-state index in [-0.39, 0.29) is 11.5 Å². The Morgan fingerprint density at radius 1 is 1.25 bits per heavy atom. The summed E-state index contributed by atoms with van der Waals surface area (Å²) in [6, 6.07) is 7.23. The molecule has 0 atom stereocenters. The average molecular weight is 400 g/mol. The number of aromatic nitrogens is 3. The lowest BCUT2D eigenvalue weighted by Gasteiger charge is -2.14. The smallest absolute Gasteiger partial charge is 0.258 e. The summed E-state index contributed by atoms with van der Waals surface area (Å²) < 4.78 is 32.9. The van der Waals surface area contributed by atoms with Gasteiger partial charge in [0.25, 0.3) is 5.56 Å². The first-order chi connectivity index (χ1) is 13.3. The first-order valence-electron chi connectivity index (χ1n) is 8.88. The third-order valence-electron chi connectivity index (χ3n) is 4.55. The van der Waals surface area contributed by atoms with E-state index in [0.717, 1.165) is 19.1 Å². The number of sulfonamides is 1. The predicted octanol–water partition coefficient (Wildman–Crippen LogP) is 2.16. The van der Waals surface area contributed by atoms with E-state index in [2.05, 4.69) is 14.7 Å². The van der Waals surface area contributed by atoms with Gasteiger partial charge in [0, 0.05) is 24.2 Å². The van der Waals surface area contributed by atoms with E-state index in [0.29, 0.717) is 40.3 Å². The molecule has 0 saturated heterocycles. The molecule has 0 radical (unpaired) electrons. The standard InChI is InChI=1S/C19H20N4O4S/c1-23-10-15(13-5-3-4-6-14(13)18(23)24)17-16(27-11-12-7-8-12)9-20-19(21-17)22-28(2,25)26/h3-6,9-10,12H,7-8,11H2,1-2H3,(H,20,21,22). The van der Waals surface area contributed by atoms with Crippen molar-refractivity contribution < 1.29 is 13.2 Å². The highest BCUT2D eigenvalue weighted by Crippen LogP contribution is 2.35. The largest absolute Gasteiger partial charge is 0.489 e. The molecule has 0 aliphatic heterocycles. The monoisotopic (exact) mass is 400 g/mol. The van der Waals surface area contributed by atoms with Crippen molar-refractivity contribution in [1.82, 2.24) is 14.5 Å². The molecule has 8 nitrogen and oxygen atoms in total. The van der Waals surface area contributed by atoms with Crippen molar-refractivity contribution in [2.45, 2.75) is 12.8 Å². The highest BCUT2D eigenvalue weighted by Gasteiger charge is 2.24. The third-order valence-corrected chi connectivity index (χ3v) is 5.10. The number of fused-ring (bicyclic) bond motifs is 1. The Hall–Kier alpha value is -2.94. The van der Waals surface area contributed by atoms with Crippen LogP contribution in [0.15, 0.2) is 41.5 Å². The molecule has 1 saturated carbocycles. The maximum Gasteiger partial charge on any atom is 0.258 e. The maximum absolute atomic E-state index is 12.5. The van der Waals surface area contributed by atoms with Crippen LogP contribution in [0.3, 0.4) is 0 Å². The number of hydrogen-bond donors (Lipinski definition) is 1. The zero-order chi connectivity index (χ0) is 19.9. The second-order valence-electron chi connectivity index (χ2n) is 7.04. The van der Waals surface area contributed by atoms with Gasteiger partial charge in [0.15, 0.2) is 5.75 Å². The molecule has 146 valence electrons. The molecule has 1 fully saturated rings. The minimum absolute atomic E-state index is 0.0470. The van der Waals surface area contributed by atoms with Gasteiger partial charge in [-0.15, -0.1) is 0 Å². The molecule has 0 unspecified atom stereocenters. The van der Waals surface area contributed by atoms with Crippen molar-refractivity contribution >= 4 is 26.7 Å². The minimum Gasteiger partial charge on any atom is -0.489 e. The molecule has 0 amide bonds. The number of hydrogen-bond acceptors (Lipinski definition) is 6. The maximum atomic E-state index is 12.5. The van der Waals surface area contributed by atoms with Crippen LogP contribution in [0, 0.1) is 5.92 Å². The average Bonchev–Trinajstić information content (AvgIpc) is 3.47. The number of nitrogens with one attached hydrogen (secondary N) is 1. The van der Waals surface area contributed by atoms with Crippen molar-refractivity contribution in [3.63, 3.8) is 0 Å². The van der Waals surface area contributed by atoms with E-state index in [1.807, 2.05) is 12.1 Å². The molecular formula is C19H20N4O4S. The Labute approximate surface area is 162 Å². The van der Waals surface area contributed by atoms with Crippen LogP contribution in [0.4, 0.5) is 5.95 Å². The van der Waals surface area contributed by atoms with Gasteiger partial charge < -0.3 is 9.30 Å². The van der Waals surface area contributed by atoms with Gasteiger partial charge in [-0.1, -0.05) is 18.2 Å². The third kappa shape index (κ3) is 3.84. The number of rotatable bonds is 6. The number of pyridine rings is 1. The van der Waals surface area contributed by atoms with Crippen LogP contribution in [0.2, 0.25) is 0 Å². The number of nitrogens with zero attached hydrogens (tertiary/aromatic N) is 3. The van der Waals surface area contributed by atoms with Gasteiger partial charge in [-0.25, -0.2) is 18.4 Å². The lowest BCUT2D eigenvalue weighted by atomic mass is 10.0. The first-order valence-corrected chi connectivity index (χ1v) is 10.8. The molecule has 2 aromatic heterocycles. The Morgan fingerprint density at radius 3 is 2.64 bits per heavy atom. The normalized spacial score (nSPS) is 14.2. The quantitative estimate of drug-likeness (QED) is 0.680. The summed E-state index contributed by atoms with van der Waals surface area (Å²) in [6.07, 6.45) is 6.45. The summed E-state index contributed by atoms with van der Waals surface area (Å²) in [5, 5.41) is 1.26. The highest BCUT2D eigenvalue weighted by molar-refractivity contribution is 7.91. The Kier molecular flexibility index (Phi) is 4.54. The van der Waals surface area contributed by atoms with Crippen LogP contribution in [-0.4, -0.2) is 35.8 Å². The van der Waals surface area contributed by atoms with E-state index < -0.39 is 10.0 Å². The number of ether oxygens (including phenoxy) is 1. The molecule has 28 heavy (non-hydrogen) atoms. The molecule has 1 N–H and O–H groups in total. The first kappa shape index (κ1) is 18.4. The van der Waals surface area contributed by atoms with Crippen molar-refractivity contribution in [3.8, 4) is 17.0 Å². The molecular weight excluding hydrogens is 380 g/mol. The predicted molar refractivity (Wildman–Crippen MR) is 107 cm³/mol. The number of aryl methyl sites for hydroxylation is 1. The van der Waals surface area contributed by atoms with Gasteiger partial charge in [-0.2, -0.15) is 0 Å². The zero-order valence-corrected chi connectivity index (χ0v) is 16.4. The molecule has 1 aliphatic carbocycles. The highest BCUT2D eigenvalue weighted by atomic mass is 32.2. The second kappa shape index (κ2) is 6.90. The van der Waals surface area contributed by atoms with Crippen molar-refractivity contribution in [1.29, 1.82) is 0 Å². The molecule has 0 bridgehead atoms. The van der Waals surface area contributed by atoms with Crippen LogP contribution in [0.1, 0.15) is 12.8 Å². The van der Waals surface area contributed by atoms with E-state index in [1.165, 1.54) is 10.8 Å². The van der Waals surface area contributed by atoms with Gasteiger partial charge in [0.2, 0.25) is 16.0 Å². The molecule has 4 rings (SSSR count). The van der Waals surface area contributed by atoms with Crippen LogP contribution in [0.25, 0.3) is 22.0 Å². The van der Waals surface area contributed by atoms with Crippen molar-refractivity contribution in [2.75, 3.05) is 17.6 Å². The van der Waals surface area contributed by atoms with Gasteiger partial charge in [0.1, 0.15) is 5.69 Å².